The minimum atomic E-state index is 0.686. The number of nitrogens with zero attached hydrogens (tertiary/aromatic N) is 2. The molecular weight excluding hydrogens is 174 g/mol. The number of benzene rings is 1. The summed E-state index contributed by atoms with van der Waals surface area (Å²) in [5.74, 6) is 0. The Morgan fingerprint density at radius 3 is 2.57 bits per heavy atom. The molecule has 14 heavy (non-hydrogen) atoms. The lowest BCUT2D eigenvalue weighted by atomic mass is 10.1. The quantitative estimate of drug-likeness (QED) is 0.715. The average molecular weight is 185 g/mol. The predicted octanol–water partition coefficient (Wildman–Crippen LogP) is 2.08. The zero-order valence-corrected chi connectivity index (χ0v) is 7.94. The molecule has 0 atom stereocenters. The highest BCUT2D eigenvalue weighted by molar-refractivity contribution is 5.77. The van der Waals surface area contributed by atoms with Crippen LogP contribution in [0.15, 0.2) is 36.4 Å². The molecule has 1 aromatic heterocycles. The number of aryl methyl sites for hydroxylation is 1. The second-order valence-corrected chi connectivity index (χ2v) is 3.09. The van der Waals surface area contributed by atoms with Crippen molar-refractivity contribution in [3.8, 4) is 11.3 Å². The lowest BCUT2D eigenvalue weighted by Crippen LogP contribution is -1.93. The van der Waals surface area contributed by atoms with Gasteiger partial charge in [-0.1, -0.05) is 30.3 Å². The Bertz CT molecular complexity index is 443. The summed E-state index contributed by atoms with van der Waals surface area (Å²) in [4.78, 5) is 0. The molecule has 0 fully saturated rings. The van der Waals surface area contributed by atoms with Crippen LogP contribution in [0.3, 0.4) is 0 Å². The molecule has 3 nitrogen and oxygen atoms in total. The van der Waals surface area contributed by atoms with Gasteiger partial charge in [0.15, 0.2) is 0 Å². The predicted molar refractivity (Wildman–Crippen MR) is 56.5 cm³/mol. The van der Waals surface area contributed by atoms with Crippen molar-refractivity contribution in [1.82, 2.24) is 9.78 Å². The molecule has 1 N–H and O–H groups in total. The first kappa shape index (κ1) is 8.69. The Morgan fingerprint density at radius 1 is 1.29 bits per heavy atom. The first-order chi connectivity index (χ1) is 6.81. The van der Waals surface area contributed by atoms with Crippen molar-refractivity contribution in [2.24, 2.45) is 7.05 Å². The van der Waals surface area contributed by atoms with Gasteiger partial charge in [0.2, 0.25) is 0 Å². The van der Waals surface area contributed by atoms with Crippen molar-refractivity contribution >= 4 is 6.21 Å². The Labute approximate surface area is 82.5 Å². The van der Waals surface area contributed by atoms with Crippen LogP contribution in [0.5, 0.6) is 0 Å². The van der Waals surface area contributed by atoms with E-state index in [2.05, 4.69) is 5.10 Å². The standard InChI is InChI=1S/C11H11N3/c1-14-11(7-10(8-12)13-14)9-5-3-2-4-6-9/h2-8,12H,1H3. The van der Waals surface area contributed by atoms with E-state index in [0.29, 0.717) is 5.69 Å². The Hall–Kier alpha value is -1.90. The van der Waals surface area contributed by atoms with Gasteiger partial charge in [0.25, 0.3) is 0 Å². The van der Waals surface area contributed by atoms with Crippen LogP contribution in [0.4, 0.5) is 0 Å². The van der Waals surface area contributed by atoms with Gasteiger partial charge < -0.3 is 5.41 Å². The normalized spacial score (nSPS) is 10.1. The van der Waals surface area contributed by atoms with Crippen LogP contribution in [0, 0.1) is 5.41 Å². The SMILES string of the molecule is Cn1nc(C=N)cc1-c1ccccc1. The highest BCUT2D eigenvalue weighted by atomic mass is 15.3. The molecule has 0 bridgehead atoms. The maximum atomic E-state index is 7.12. The van der Waals surface area contributed by atoms with Gasteiger partial charge in [0, 0.05) is 13.3 Å². The lowest BCUT2D eigenvalue weighted by molar-refractivity contribution is 0.773. The number of hydrogen-bond donors (Lipinski definition) is 1. The van der Waals surface area contributed by atoms with Crippen molar-refractivity contribution < 1.29 is 0 Å². The van der Waals surface area contributed by atoms with Gasteiger partial charge in [-0.3, -0.25) is 4.68 Å². The smallest absolute Gasteiger partial charge is 0.103 e. The molecule has 1 aromatic carbocycles. The van der Waals surface area contributed by atoms with Gasteiger partial charge in [-0.15, -0.1) is 0 Å². The third kappa shape index (κ3) is 1.44. The van der Waals surface area contributed by atoms with Gasteiger partial charge in [0.05, 0.1) is 5.69 Å². The fraction of sp³-hybridized carbons (Fsp3) is 0.0909. The van der Waals surface area contributed by atoms with Crippen molar-refractivity contribution in [3.05, 3.63) is 42.1 Å². The highest BCUT2D eigenvalue weighted by Crippen LogP contribution is 2.18. The van der Waals surface area contributed by atoms with E-state index >= 15 is 0 Å². The summed E-state index contributed by atoms with van der Waals surface area (Å²) in [5.41, 5.74) is 2.84. The van der Waals surface area contributed by atoms with Crippen LogP contribution in [0.1, 0.15) is 5.69 Å². The van der Waals surface area contributed by atoms with Gasteiger partial charge in [-0.25, -0.2) is 0 Å². The zero-order chi connectivity index (χ0) is 9.97. The fourth-order valence-electron chi connectivity index (χ4n) is 1.44. The van der Waals surface area contributed by atoms with E-state index < -0.39 is 0 Å². The second kappa shape index (κ2) is 3.46. The largest absolute Gasteiger partial charge is 0.306 e. The number of hydrogen-bond acceptors (Lipinski definition) is 2. The maximum absolute atomic E-state index is 7.12. The van der Waals surface area contributed by atoms with Crippen LogP contribution in [-0.4, -0.2) is 16.0 Å². The summed E-state index contributed by atoms with van der Waals surface area (Å²) in [6.45, 7) is 0. The fourth-order valence-corrected chi connectivity index (χ4v) is 1.44. The van der Waals surface area contributed by atoms with Crippen molar-refractivity contribution in [3.63, 3.8) is 0 Å². The Balaban J connectivity index is 2.51. The molecule has 1 heterocycles. The zero-order valence-electron chi connectivity index (χ0n) is 7.94. The first-order valence-electron chi connectivity index (χ1n) is 4.41. The van der Waals surface area contributed by atoms with Crippen LogP contribution in [-0.2, 0) is 7.05 Å². The molecule has 70 valence electrons. The second-order valence-electron chi connectivity index (χ2n) is 3.09. The van der Waals surface area contributed by atoms with E-state index in [1.807, 2.05) is 43.4 Å². The van der Waals surface area contributed by atoms with E-state index in [4.69, 9.17) is 5.41 Å². The van der Waals surface area contributed by atoms with Gasteiger partial charge >= 0.3 is 0 Å². The summed E-state index contributed by atoms with van der Waals surface area (Å²) in [6, 6.07) is 11.9. The molecule has 0 amide bonds. The van der Waals surface area contributed by atoms with Gasteiger partial charge in [0.1, 0.15) is 5.69 Å². The minimum Gasteiger partial charge on any atom is -0.306 e. The molecule has 3 heteroatoms. The first-order valence-corrected chi connectivity index (χ1v) is 4.41. The Morgan fingerprint density at radius 2 is 2.00 bits per heavy atom. The third-order valence-corrected chi connectivity index (χ3v) is 2.12. The molecule has 0 aliphatic carbocycles. The molecule has 0 saturated carbocycles. The Kier molecular flexibility index (Phi) is 2.14. The monoisotopic (exact) mass is 185 g/mol. The molecule has 0 saturated heterocycles. The minimum absolute atomic E-state index is 0.686. The maximum Gasteiger partial charge on any atom is 0.103 e. The summed E-state index contributed by atoms with van der Waals surface area (Å²) < 4.78 is 1.79. The molecule has 2 rings (SSSR count). The van der Waals surface area contributed by atoms with Gasteiger partial charge in [-0.05, 0) is 11.6 Å². The van der Waals surface area contributed by atoms with Crippen molar-refractivity contribution in [2.45, 2.75) is 0 Å². The van der Waals surface area contributed by atoms with Crippen LogP contribution < -0.4 is 0 Å². The van der Waals surface area contributed by atoms with E-state index in [0.717, 1.165) is 11.3 Å². The molecular formula is C11H11N3. The molecule has 0 spiro atoms. The molecule has 0 unspecified atom stereocenters. The van der Waals surface area contributed by atoms with Gasteiger partial charge in [-0.2, -0.15) is 5.10 Å². The van der Waals surface area contributed by atoms with Crippen LogP contribution >= 0.6 is 0 Å². The lowest BCUT2D eigenvalue weighted by Gasteiger charge is -1.99. The number of nitrogens with one attached hydrogen (secondary N) is 1. The van der Waals surface area contributed by atoms with Crippen molar-refractivity contribution in [2.75, 3.05) is 0 Å². The summed E-state index contributed by atoms with van der Waals surface area (Å²) >= 11 is 0. The van der Waals surface area contributed by atoms with E-state index in [1.54, 1.807) is 4.68 Å². The molecule has 0 radical (unpaired) electrons. The summed E-state index contributed by atoms with van der Waals surface area (Å²) in [5, 5.41) is 11.3. The highest BCUT2D eigenvalue weighted by Gasteiger charge is 2.04. The van der Waals surface area contributed by atoms with Crippen molar-refractivity contribution in [1.29, 1.82) is 5.41 Å². The molecule has 2 aromatic rings. The van der Waals surface area contributed by atoms with E-state index in [9.17, 15) is 0 Å². The van der Waals surface area contributed by atoms with Crippen LogP contribution in [0.2, 0.25) is 0 Å². The van der Waals surface area contributed by atoms with E-state index in [-0.39, 0.29) is 0 Å². The number of aromatic nitrogens is 2. The topological polar surface area (TPSA) is 41.7 Å². The third-order valence-electron chi connectivity index (χ3n) is 2.12. The molecule has 0 aliphatic heterocycles. The summed E-state index contributed by atoms with van der Waals surface area (Å²) in [6.07, 6.45) is 1.26. The van der Waals surface area contributed by atoms with E-state index in [1.165, 1.54) is 6.21 Å². The molecule has 0 aliphatic rings. The average Bonchev–Trinajstić information content (AvgIpc) is 2.61. The number of rotatable bonds is 2. The van der Waals surface area contributed by atoms with Crippen LogP contribution in [0.25, 0.3) is 11.3 Å². The summed E-state index contributed by atoms with van der Waals surface area (Å²) in [7, 11) is 1.88.